The van der Waals surface area contributed by atoms with E-state index < -0.39 is 0 Å². The van der Waals surface area contributed by atoms with Crippen molar-refractivity contribution in [2.45, 2.75) is 12.1 Å². The van der Waals surface area contributed by atoms with Gasteiger partial charge in [-0.1, -0.05) is 54.1 Å². The molecule has 3 nitrogen and oxygen atoms in total. The summed E-state index contributed by atoms with van der Waals surface area (Å²) in [4.78, 5) is 20.4. The summed E-state index contributed by atoms with van der Waals surface area (Å²) in [5.41, 5.74) is 3.38. The average molecular weight is 341 g/mol. The molecule has 0 fully saturated rings. The lowest BCUT2D eigenvalue weighted by molar-refractivity contribution is -0.109. The van der Waals surface area contributed by atoms with E-state index in [9.17, 15) is 4.79 Å². The van der Waals surface area contributed by atoms with Crippen LogP contribution >= 0.6 is 23.4 Å². The number of halogens is 1. The quantitative estimate of drug-likeness (QED) is 0.491. The molecule has 0 aliphatic rings. The van der Waals surface area contributed by atoms with E-state index in [0.29, 0.717) is 10.2 Å². The summed E-state index contributed by atoms with van der Waals surface area (Å²) in [6.45, 7) is 1.50. The second-order valence-corrected chi connectivity index (χ2v) is 6.47. The van der Waals surface area contributed by atoms with Crippen molar-refractivity contribution in [1.29, 1.82) is 0 Å². The summed E-state index contributed by atoms with van der Waals surface area (Å²) in [5.74, 6) is 0. The lowest BCUT2D eigenvalue weighted by Gasteiger charge is -2.08. The zero-order valence-corrected chi connectivity index (χ0v) is 13.9. The molecule has 0 saturated carbocycles. The maximum Gasteiger partial charge on any atom is 0.196 e. The molecule has 5 heteroatoms. The number of nitrogens with zero attached hydrogens (tertiary/aromatic N) is 2. The lowest BCUT2D eigenvalue weighted by atomic mass is 10.1. The monoisotopic (exact) mass is 340 g/mol. The van der Waals surface area contributed by atoms with Gasteiger partial charge in [-0.05, 0) is 30.0 Å². The molecule has 0 amide bonds. The summed E-state index contributed by atoms with van der Waals surface area (Å²) in [6, 6.07) is 19.2. The van der Waals surface area contributed by atoms with Gasteiger partial charge in [-0.25, -0.2) is 9.97 Å². The first-order valence-electron chi connectivity index (χ1n) is 7.01. The predicted octanol–water partition coefficient (Wildman–Crippen LogP) is 5.10. The number of thioether (sulfide) groups is 1. The van der Waals surface area contributed by atoms with Crippen LogP contribution in [0, 0.1) is 0 Å². The van der Waals surface area contributed by atoms with Gasteiger partial charge in [0.15, 0.2) is 10.3 Å². The van der Waals surface area contributed by atoms with Gasteiger partial charge in [0, 0.05) is 23.1 Å². The Morgan fingerprint density at radius 2 is 1.57 bits per heavy atom. The lowest BCUT2D eigenvalue weighted by Crippen LogP contribution is -1.96. The Balaban J connectivity index is 2.13. The largest absolute Gasteiger partial charge is 0.287 e. The van der Waals surface area contributed by atoms with Crippen LogP contribution in [0.25, 0.3) is 22.5 Å². The minimum Gasteiger partial charge on any atom is -0.287 e. The maximum absolute atomic E-state index is 11.4. The molecule has 0 aliphatic carbocycles. The van der Waals surface area contributed by atoms with E-state index in [1.165, 1.54) is 6.92 Å². The Morgan fingerprint density at radius 1 is 0.913 bits per heavy atom. The molecular weight excluding hydrogens is 328 g/mol. The Kier molecular flexibility index (Phi) is 4.74. The molecule has 0 N–H and O–H groups in total. The highest BCUT2D eigenvalue weighted by atomic mass is 35.5. The summed E-state index contributed by atoms with van der Waals surface area (Å²) in [5, 5.41) is 1.03. The van der Waals surface area contributed by atoms with Gasteiger partial charge >= 0.3 is 0 Å². The molecule has 0 aliphatic heterocycles. The van der Waals surface area contributed by atoms with Crippen LogP contribution in [0.3, 0.4) is 0 Å². The standard InChI is InChI=1S/C18H13ClN2OS/c1-12(22)23-18-20-16(13-6-3-2-4-7-13)11-17(21-18)14-8-5-9-15(19)10-14/h2-11H,1H3. The van der Waals surface area contributed by atoms with E-state index in [4.69, 9.17) is 11.6 Å². The van der Waals surface area contributed by atoms with E-state index in [-0.39, 0.29) is 5.12 Å². The fourth-order valence-corrected chi connectivity index (χ4v) is 2.89. The fraction of sp³-hybridized carbons (Fsp3) is 0.0556. The number of hydrogen-bond acceptors (Lipinski definition) is 4. The van der Waals surface area contributed by atoms with Crippen LogP contribution in [0.1, 0.15) is 6.92 Å². The molecule has 2 aromatic carbocycles. The van der Waals surface area contributed by atoms with E-state index in [1.54, 1.807) is 0 Å². The summed E-state index contributed by atoms with van der Waals surface area (Å²) >= 11 is 7.10. The highest BCUT2D eigenvalue weighted by Crippen LogP contribution is 2.28. The van der Waals surface area contributed by atoms with Gasteiger partial charge in [-0.2, -0.15) is 0 Å². The van der Waals surface area contributed by atoms with Crippen LogP contribution in [0.5, 0.6) is 0 Å². The SMILES string of the molecule is CC(=O)Sc1nc(-c2ccccc2)cc(-c2cccc(Cl)c2)n1. The third kappa shape index (κ3) is 3.97. The van der Waals surface area contributed by atoms with Crippen LogP contribution in [0.15, 0.2) is 65.8 Å². The van der Waals surface area contributed by atoms with E-state index >= 15 is 0 Å². The third-order valence-corrected chi connectivity index (χ3v) is 4.02. The second-order valence-electron chi connectivity index (χ2n) is 4.89. The highest BCUT2D eigenvalue weighted by Gasteiger charge is 2.11. The normalized spacial score (nSPS) is 10.5. The number of aromatic nitrogens is 2. The Morgan fingerprint density at radius 3 is 2.22 bits per heavy atom. The summed E-state index contributed by atoms with van der Waals surface area (Å²) in [6.07, 6.45) is 0. The fourth-order valence-electron chi connectivity index (χ4n) is 2.15. The molecule has 3 aromatic rings. The zero-order valence-electron chi connectivity index (χ0n) is 12.4. The van der Waals surface area contributed by atoms with Crippen molar-refractivity contribution < 1.29 is 4.79 Å². The second kappa shape index (κ2) is 6.94. The molecule has 114 valence electrons. The van der Waals surface area contributed by atoms with E-state index in [1.807, 2.05) is 60.7 Å². The average Bonchev–Trinajstić information content (AvgIpc) is 2.55. The highest BCUT2D eigenvalue weighted by molar-refractivity contribution is 8.13. The van der Waals surface area contributed by atoms with Crippen molar-refractivity contribution in [2.75, 3.05) is 0 Å². The van der Waals surface area contributed by atoms with Crippen LogP contribution in [-0.2, 0) is 4.79 Å². The molecule has 1 aromatic heterocycles. The molecule has 0 bridgehead atoms. The van der Waals surface area contributed by atoms with Crippen molar-refractivity contribution >= 4 is 28.5 Å². The van der Waals surface area contributed by atoms with Gasteiger partial charge in [0.2, 0.25) is 0 Å². The first-order chi connectivity index (χ1) is 11.1. The van der Waals surface area contributed by atoms with Gasteiger partial charge in [-0.3, -0.25) is 4.79 Å². The van der Waals surface area contributed by atoms with Gasteiger partial charge in [0.05, 0.1) is 11.4 Å². The van der Waals surface area contributed by atoms with Crippen LogP contribution in [-0.4, -0.2) is 15.1 Å². The summed E-state index contributed by atoms with van der Waals surface area (Å²) < 4.78 is 0. The molecule has 1 heterocycles. The molecule has 0 atom stereocenters. The molecule has 0 unspecified atom stereocenters. The van der Waals surface area contributed by atoms with Gasteiger partial charge in [0.1, 0.15) is 0 Å². The van der Waals surface area contributed by atoms with Gasteiger partial charge in [0.25, 0.3) is 0 Å². The minimum atomic E-state index is -0.0488. The maximum atomic E-state index is 11.4. The van der Waals surface area contributed by atoms with Crippen molar-refractivity contribution in [2.24, 2.45) is 0 Å². The first kappa shape index (κ1) is 15.7. The first-order valence-corrected chi connectivity index (χ1v) is 8.20. The molecule has 23 heavy (non-hydrogen) atoms. The van der Waals surface area contributed by atoms with Crippen LogP contribution < -0.4 is 0 Å². The number of carbonyl (C=O) groups excluding carboxylic acids is 1. The Hall–Kier alpha value is -2.17. The zero-order chi connectivity index (χ0) is 16.2. The van der Waals surface area contributed by atoms with E-state index in [0.717, 1.165) is 34.3 Å². The molecule has 0 radical (unpaired) electrons. The van der Waals surface area contributed by atoms with Crippen LogP contribution in [0.2, 0.25) is 5.02 Å². The smallest absolute Gasteiger partial charge is 0.196 e. The van der Waals surface area contributed by atoms with Gasteiger partial charge in [-0.15, -0.1) is 0 Å². The third-order valence-electron chi connectivity index (χ3n) is 3.13. The molecule has 0 spiro atoms. The molecule has 3 rings (SSSR count). The number of carbonyl (C=O) groups is 1. The van der Waals surface area contributed by atoms with Crippen LogP contribution in [0.4, 0.5) is 0 Å². The van der Waals surface area contributed by atoms with Crippen molar-refractivity contribution in [3.8, 4) is 22.5 Å². The number of benzene rings is 2. The summed E-state index contributed by atoms with van der Waals surface area (Å²) in [7, 11) is 0. The van der Waals surface area contributed by atoms with Gasteiger partial charge < -0.3 is 0 Å². The predicted molar refractivity (Wildman–Crippen MR) is 94.5 cm³/mol. The Labute approximate surface area is 143 Å². The number of hydrogen-bond donors (Lipinski definition) is 0. The molecular formula is C18H13ClN2OS. The Bertz CT molecular complexity index is 853. The van der Waals surface area contributed by atoms with Crippen molar-refractivity contribution in [3.63, 3.8) is 0 Å². The van der Waals surface area contributed by atoms with E-state index in [2.05, 4.69) is 9.97 Å². The molecule has 0 saturated heterocycles. The topological polar surface area (TPSA) is 42.9 Å². The van der Waals surface area contributed by atoms with Crippen molar-refractivity contribution in [1.82, 2.24) is 9.97 Å². The minimum absolute atomic E-state index is 0.0488. The van der Waals surface area contributed by atoms with Crippen molar-refractivity contribution in [3.05, 3.63) is 65.7 Å². The number of rotatable bonds is 3.